The van der Waals surface area contributed by atoms with Gasteiger partial charge in [-0.1, -0.05) is 0 Å². The molecular weight excluding hydrogens is 278 g/mol. The van der Waals surface area contributed by atoms with Gasteiger partial charge in [0.2, 0.25) is 11.2 Å². The highest BCUT2D eigenvalue weighted by atomic mass is 35.5. The van der Waals surface area contributed by atoms with Crippen molar-refractivity contribution < 1.29 is 4.74 Å². The number of piperidine rings is 1. The number of hydrogen-bond donors (Lipinski definition) is 0. The van der Waals surface area contributed by atoms with Crippen LogP contribution in [-0.4, -0.2) is 60.2 Å². The van der Waals surface area contributed by atoms with Crippen molar-refractivity contribution in [1.29, 1.82) is 0 Å². The van der Waals surface area contributed by atoms with Gasteiger partial charge in [-0.25, -0.2) is 0 Å². The van der Waals surface area contributed by atoms with Gasteiger partial charge in [-0.2, -0.15) is 15.0 Å². The molecule has 1 aliphatic heterocycles. The van der Waals surface area contributed by atoms with E-state index in [4.69, 9.17) is 16.3 Å². The molecule has 2 rings (SSSR count). The third kappa shape index (κ3) is 4.76. The van der Waals surface area contributed by atoms with Crippen molar-refractivity contribution in [1.82, 2.24) is 19.9 Å². The molecule has 7 heteroatoms. The predicted molar refractivity (Wildman–Crippen MR) is 79.6 cm³/mol. The zero-order valence-corrected chi connectivity index (χ0v) is 12.9. The summed E-state index contributed by atoms with van der Waals surface area (Å²) in [5, 5.41) is 0.197. The fourth-order valence-corrected chi connectivity index (χ4v) is 2.31. The van der Waals surface area contributed by atoms with Crippen LogP contribution in [0.3, 0.4) is 0 Å². The Bertz CT molecular complexity index is 423. The second-order valence-electron chi connectivity index (χ2n) is 5.24. The van der Waals surface area contributed by atoms with E-state index >= 15 is 0 Å². The van der Waals surface area contributed by atoms with Crippen molar-refractivity contribution in [2.24, 2.45) is 0 Å². The van der Waals surface area contributed by atoms with Crippen LogP contribution in [0.5, 0.6) is 6.01 Å². The molecule has 0 spiro atoms. The largest absolute Gasteiger partial charge is 0.463 e. The van der Waals surface area contributed by atoms with Gasteiger partial charge in [0.15, 0.2) is 0 Å². The molecule has 1 aliphatic rings. The maximum atomic E-state index is 5.96. The van der Waals surface area contributed by atoms with Crippen molar-refractivity contribution >= 4 is 17.5 Å². The minimum atomic E-state index is 0.197. The third-order valence-electron chi connectivity index (χ3n) is 3.20. The average molecular weight is 300 g/mol. The van der Waals surface area contributed by atoms with Gasteiger partial charge < -0.3 is 14.5 Å². The first-order valence-electron chi connectivity index (χ1n) is 7.09. The van der Waals surface area contributed by atoms with Crippen molar-refractivity contribution in [3.63, 3.8) is 0 Å². The molecule has 1 aromatic heterocycles. The van der Waals surface area contributed by atoms with Crippen LogP contribution in [0.2, 0.25) is 5.28 Å². The maximum absolute atomic E-state index is 5.96. The molecule has 0 aliphatic carbocycles. The molecule has 20 heavy (non-hydrogen) atoms. The van der Waals surface area contributed by atoms with Crippen LogP contribution in [0.1, 0.15) is 25.7 Å². The lowest BCUT2D eigenvalue weighted by Gasteiger charge is -2.26. The molecule has 0 N–H and O–H groups in total. The van der Waals surface area contributed by atoms with Crippen LogP contribution in [0.4, 0.5) is 5.95 Å². The predicted octanol–water partition coefficient (Wildman–Crippen LogP) is 1.85. The zero-order valence-electron chi connectivity index (χ0n) is 12.2. The van der Waals surface area contributed by atoms with Crippen molar-refractivity contribution in [2.45, 2.75) is 25.7 Å². The first-order chi connectivity index (χ1) is 9.65. The second-order valence-corrected chi connectivity index (χ2v) is 5.58. The minimum Gasteiger partial charge on any atom is -0.463 e. The molecule has 1 fully saturated rings. The molecule has 1 saturated heterocycles. The Morgan fingerprint density at radius 3 is 2.60 bits per heavy atom. The van der Waals surface area contributed by atoms with Crippen LogP contribution < -0.4 is 9.64 Å². The van der Waals surface area contributed by atoms with Crippen LogP contribution >= 0.6 is 11.6 Å². The van der Waals surface area contributed by atoms with Crippen LogP contribution in [-0.2, 0) is 0 Å². The number of anilines is 1. The number of rotatable bonds is 6. The summed E-state index contributed by atoms with van der Waals surface area (Å²) in [4.78, 5) is 16.8. The number of halogens is 1. The SMILES string of the molecule is CN(C)CCCOc1nc(Cl)nc(N2CCCCC2)n1. The molecule has 0 atom stereocenters. The van der Waals surface area contributed by atoms with E-state index in [2.05, 4.69) is 24.8 Å². The molecule has 0 amide bonds. The van der Waals surface area contributed by atoms with Crippen molar-refractivity contribution in [2.75, 3.05) is 45.2 Å². The van der Waals surface area contributed by atoms with E-state index in [1.807, 2.05) is 14.1 Å². The summed E-state index contributed by atoms with van der Waals surface area (Å²) < 4.78 is 5.57. The lowest BCUT2D eigenvalue weighted by atomic mass is 10.1. The molecule has 1 aromatic rings. The first-order valence-corrected chi connectivity index (χ1v) is 7.47. The summed E-state index contributed by atoms with van der Waals surface area (Å²) in [5.74, 6) is 0.632. The van der Waals surface area contributed by atoms with Crippen LogP contribution in [0.25, 0.3) is 0 Å². The van der Waals surface area contributed by atoms with E-state index in [1.54, 1.807) is 0 Å². The quantitative estimate of drug-likeness (QED) is 0.747. The number of nitrogens with zero attached hydrogens (tertiary/aromatic N) is 5. The minimum absolute atomic E-state index is 0.197. The molecular formula is C13H22ClN5O. The molecule has 0 bridgehead atoms. The monoisotopic (exact) mass is 299 g/mol. The van der Waals surface area contributed by atoms with Crippen LogP contribution in [0, 0.1) is 0 Å². The van der Waals surface area contributed by atoms with E-state index < -0.39 is 0 Å². The van der Waals surface area contributed by atoms with E-state index in [-0.39, 0.29) is 5.28 Å². The van der Waals surface area contributed by atoms with Gasteiger partial charge in [-0.3, -0.25) is 0 Å². The first kappa shape index (κ1) is 15.3. The average Bonchev–Trinajstić information content (AvgIpc) is 2.44. The lowest BCUT2D eigenvalue weighted by molar-refractivity contribution is 0.263. The topological polar surface area (TPSA) is 54.4 Å². The van der Waals surface area contributed by atoms with Gasteiger partial charge >= 0.3 is 6.01 Å². The smallest absolute Gasteiger partial charge is 0.322 e. The van der Waals surface area contributed by atoms with Gasteiger partial charge in [0.25, 0.3) is 0 Å². The van der Waals surface area contributed by atoms with Gasteiger partial charge in [0.05, 0.1) is 6.61 Å². The molecule has 6 nitrogen and oxygen atoms in total. The zero-order chi connectivity index (χ0) is 14.4. The van der Waals surface area contributed by atoms with E-state index in [0.717, 1.165) is 26.1 Å². The Balaban J connectivity index is 1.93. The van der Waals surface area contributed by atoms with Crippen molar-refractivity contribution in [3.05, 3.63) is 5.28 Å². The molecule has 112 valence electrons. The Labute approximate surface area is 125 Å². The summed E-state index contributed by atoms with van der Waals surface area (Å²) in [5.41, 5.74) is 0. The summed E-state index contributed by atoms with van der Waals surface area (Å²) in [6.07, 6.45) is 4.53. The van der Waals surface area contributed by atoms with Gasteiger partial charge in [-0.15, -0.1) is 0 Å². The molecule has 0 unspecified atom stereocenters. The fourth-order valence-electron chi connectivity index (χ4n) is 2.17. The number of aromatic nitrogens is 3. The summed E-state index contributed by atoms with van der Waals surface area (Å²) in [7, 11) is 4.07. The standard InChI is InChI=1S/C13H22ClN5O/c1-18(2)7-6-10-20-13-16-11(14)15-12(17-13)19-8-4-3-5-9-19/h3-10H2,1-2H3. The molecule has 0 aromatic carbocycles. The van der Waals surface area contributed by atoms with Gasteiger partial charge in [0, 0.05) is 19.6 Å². The molecule has 2 heterocycles. The summed E-state index contributed by atoms with van der Waals surface area (Å²) in [6, 6.07) is 0.323. The summed E-state index contributed by atoms with van der Waals surface area (Å²) in [6.45, 7) is 3.50. The highest BCUT2D eigenvalue weighted by Gasteiger charge is 2.16. The maximum Gasteiger partial charge on any atom is 0.322 e. The molecule has 0 saturated carbocycles. The van der Waals surface area contributed by atoms with Crippen molar-refractivity contribution in [3.8, 4) is 6.01 Å². The van der Waals surface area contributed by atoms with Gasteiger partial charge in [0.1, 0.15) is 0 Å². The highest BCUT2D eigenvalue weighted by molar-refractivity contribution is 6.28. The van der Waals surface area contributed by atoms with E-state index in [0.29, 0.717) is 18.6 Å². The Morgan fingerprint density at radius 2 is 1.90 bits per heavy atom. The normalized spacial score (nSPS) is 15.7. The third-order valence-corrected chi connectivity index (χ3v) is 3.36. The summed E-state index contributed by atoms with van der Waals surface area (Å²) >= 11 is 5.96. The fraction of sp³-hybridized carbons (Fsp3) is 0.769. The Kier molecular flexibility index (Phi) is 5.79. The lowest BCUT2D eigenvalue weighted by Crippen LogP contribution is -2.31. The Hall–Kier alpha value is -1.14. The Morgan fingerprint density at radius 1 is 1.15 bits per heavy atom. The van der Waals surface area contributed by atoms with Gasteiger partial charge in [-0.05, 0) is 51.4 Å². The second kappa shape index (κ2) is 7.59. The van der Waals surface area contributed by atoms with E-state index in [1.165, 1.54) is 19.3 Å². The van der Waals surface area contributed by atoms with Crippen LogP contribution in [0.15, 0.2) is 0 Å². The molecule has 0 radical (unpaired) electrons. The number of ether oxygens (including phenoxy) is 1. The number of hydrogen-bond acceptors (Lipinski definition) is 6. The highest BCUT2D eigenvalue weighted by Crippen LogP contribution is 2.19. The van der Waals surface area contributed by atoms with E-state index in [9.17, 15) is 0 Å².